The third kappa shape index (κ3) is 3.86. The van der Waals surface area contributed by atoms with Crippen LogP contribution in [0.4, 0.5) is 18.9 Å². The first kappa shape index (κ1) is 15.1. The number of rotatable bonds is 3. The fourth-order valence-corrected chi connectivity index (χ4v) is 2.37. The second-order valence-electron chi connectivity index (χ2n) is 4.99. The smallest absolute Gasteiger partial charge is 0.392 e. The number of aliphatic hydroxyl groups is 1. The summed E-state index contributed by atoms with van der Waals surface area (Å²) in [5, 5.41) is 9.22. The number of alkyl halides is 3. The highest BCUT2D eigenvalue weighted by atomic mass is 19.4. The summed E-state index contributed by atoms with van der Waals surface area (Å²) in [6.07, 6.45) is -4.94. The molecule has 0 bridgehead atoms. The number of hydrogen-bond acceptors (Lipinski definition) is 3. The van der Waals surface area contributed by atoms with Crippen LogP contribution >= 0.6 is 0 Å². The summed E-state index contributed by atoms with van der Waals surface area (Å²) in [5.41, 5.74) is -0.0275. The van der Waals surface area contributed by atoms with Gasteiger partial charge in [0.1, 0.15) is 0 Å². The number of hydrogen-bond donors (Lipinski definition) is 1. The van der Waals surface area contributed by atoms with E-state index < -0.39 is 17.8 Å². The van der Waals surface area contributed by atoms with E-state index in [1.165, 1.54) is 12.1 Å². The van der Waals surface area contributed by atoms with Gasteiger partial charge >= 0.3 is 6.18 Å². The summed E-state index contributed by atoms with van der Waals surface area (Å²) < 4.78 is 38.0. The number of piperazine rings is 1. The van der Waals surface area contributed by atoms with Gasteiger partial charge in [-0.05, 0) is 25.1 Å². The molecule has 1 N–H and O–H groups in total. The summed E-state index contributed by atoms with van der Waals surface area (Å²) in [6, 6.07) is 5.40. The first-order chi connectivity index (χ1) is 9.36. The quantitative estimate of drug-likeness (QED) is 0.921. The lowest BCUT2D eigenvalue weighted by Gasteiger charge is -2.36. The van der Waals surface area contributed by atoms with Crippen molar-refractivity contribution < 1.29 is 18.3 Å². The Morgan fingerprint density at radius 3 is 2.40 bits per heavy atom. The minimum absolute atomic E-state index is 0.496. The Morgan fingerprint density at radius 2 is 1.85 bits per heavy atom. The molecule has 1 atom stereocenters. The second kappa shape index (κ2) is 6.01. The van der Waals surface area contributed by atoms with Crippen molar-refractivity contribution in [2.75, 3.05) is 37.6 Å². The lowest BCUT2D eigenvalue weighted by Crippen LogP contribution is -2.48. The monoisotopic (exact) mass is 287 g/mol. The van der Waals surface area contributed by atoms with Crippen LogP contribution < -0.4 is 4.90 Å². The van der Waals surface area contributed by atoms with E-state index in [0.717, 1.165) is 6.07 Å². The van der Waals surface area contributed by atoms with E-state index in [1.807, 2.05) is 4.90 Å². The van der Waals surface area contributed by atoms with E-state index in [-0.39, 0.29) is 0 Å². The normalized spacial score (nSPS) is 19.1. The highest BCUT2D eigenvalue weighted by Crippen LogP contribution is 2.31. The maximum Gasteiger partial charge on any atom is 0.416 e. The molecule has 1 heterocycles. The first-order valence-electron chi connectivity index (χ1n) is 6.52. The zero-order valence-electron chi connectivity index (χ0n) is 11.1. The predicted octanol–water partition coefficient (Wildman–Crippen LogP) is 2.02. The molecule has 20 heavy (non-hydrogen) atoms. The standard InChI is InChI=1S/C14H18F3N2O/c1-11(20)10-18-5-7-19(8-6-18)13-4-2-3-12(9-13)14(15,16)17/h2-4,9,11,20H,1,5-8,10H2. The van der Waals surface area contributed by atoms with E-state index in [9.17, 15) is 18.3 Å². The van der Waals surface area contributed by atoms with Crippen LogP contribution in [-0.2, 0) is 6.18 Å². The van der Waals surface area contributed by atoms with Gasteiger partial charge in [-0.2, -0.15) is 13.2 Å². The lowest BCUT2D eigenvalue weighted by molar-refractivity contribution is -0.137. The number of β-amino-alcohol motifs (C(OH)–C–C–N with tert-alkyl or cyclic N) is 1. The summed E-state index contributed by atoms with van der Waals surface area (Å²) >= 11 is 0. The van der Waals surface area contributed by atoms with Gasteiger partial charge in [-0.25, -0.2) is 0 Å². The highest BCUT2D eigenvalue weighted by Gasteiger charge is 2.31. The molecule has 0 spiro atoms. The molecule has 1 aliphatic heterocycles. The molecule has 1 unspecified atom stereocenters. The van der Waals surface area contributed by atoms with Crippen LogP contribution in [0.15, 0.2) is 24.3 Å². The summed E-state index contributed by atoms with van der Waals surface area (Å²) in [6.45, 7) is 6.74. The molecule has 1 aromatic rings. The molecule has 1 fully saturated rings. The van der Waals surface area contributed by atoms with Crippen LogP contribution in [0.5, 0.6) is 0 Å². The number of halogens is 3. The van der Waals surface area contributed by atoms with Crippen molar-refractivity contribution in [3.05, 3.63) is 36.8 Å². The van der Waals surface area contributed by atoms with Crippen molar-refractivity contribution in [3.63, 3.8) is 0 Å². The molecule has 2 rings (SSSR count). The molecule has 0 aromatic heterocycles. The Bertz CT molecular complexity index is 440. The number of benzene rings is 1. The molecule has 1 radical (unpaired) electrons. The molecule has 1 saturated heterocycles. The number of anilines is 1. The third-order valence-corrected chi connectivity index (χ3v) is 3.38. The maximum atomic E-state index is 12.7. The maximum absolute atomic E-state index is 12.7. The van der Waals surface area contributed by atoms with E-state index in [1.54, 1.807) is 6.07 Å². The third-order valence-electron chi connectivity index (χ3n) is 3.38. The fourth-order valence-electron chi connectivity index (χ4n) is 2.37. The minimum atomic E-state index is -4.31. The minimum Gasteiger partial charge on any atom is -0.392 e. The molecular weight excluding hydrogens is 269 g/mol. The Kier molecular flexibility index (Phi) is 4.55. The molecule has 3 nitrogen and oxygen atoms in total. The topological polar surface area (TPSA) is 26.7 Å². The Hall–Kier alpha value is -1.27. The largest absolute Gasteiger partial charge is 0.416 e. The van der Waals surface area contributed by atoms with E-state index in [2.05, 4.69) is 11.8 Å². The predicted molar refractivity (Wildman–Crippen MR) is 71.5 cm³/mol. The van der Waals surface area contributed by atoms with Gasteiger partial charge < -0.3 is 10.0 Å². The zero-order chi connectivity index (χ0) is 14.8. The van der Waals surface area contributed by atoms with Crippen molar-refractivity contribution in [3.8, 4) is 0 Å². The SMILES string of the molecule is [CH2]C(O)CN1CCN(c2cccc(C(F)(F)F)c2)CC1. The average Bonchev–Trinajstić information content (AvgIpc) is 2.38. The first-order valence-corrected chi connectivity index (χ1v) is 6.52. The van der Waals surface area contributed by atoms with Crippen molar-refractivity contribution in [1.82, 2.24) is 4.90 Å². The summed E-state index contributed by atoms with van der Waals surface area (Å²) in [7, 11) is 0. The molecule has 1 aliphatic rings. The Morgan fingerprint density at radius 1 is 1.20 bits per heavy atom. The van der Waals surface area contributed by atoms with E-state index in [4.69, 9.17) is 0 Å². The van der Waals surface area contributed by atoms with Gasteiger partial charge in [0.15, 0.2) is 0 Å². The number of aliphatic hydroxyl groups excluding tert-OH is 1. The van der Waals surface area contributed by atoms with E-state index >= 15 is 0 Å². The molecular formula is C14H18F3N2O. The van der Waals surface area contributed by atoms with Gasteiger partial charge in [-0.1, -0.05) is 6.07 Å². The molecule has 0 saturated carbocycles. The van der Waals surface area contributed by atoms with Crippen molar-refractivity contribution in [2.45, 2.75) is 12.3 Å². The highest BCUT2D eigenvalue weighted by molar-refractivity contribution is 5.49. The van der Waals surface area contributed by atoms with Gasteiger partial charge in [-0.3, -0.25) is 4.90 Å². The van der Waals surface area contributed by atoms with Gasteiger partial charge in [0.05, 0.1) is 11.7 Å². The Balaban J connectivity index is 2.00. The Labute approximate surface area is 116 Å². The van der Waals surface area contributed by atoms with Gasteiger partial charge in [-0.15, -0.1) is 0 Å². The number of nitrogens with zero attached hydrogens (tertiary/aromatic N) is 2. The van der Waals surface area contributed by atoms with Crippen LogP contribution in [0.2, 0.25) is 0 Å². The zero-order valence-corrected chi connectivity index (χ0v) is 11.1. The molecule has 1 aromatic carbocycles. The van der Waals surface area contributed by atoms with E-state index in [0.29, 0.717) is 38.4 Å². The van der Waals surface area contributed by atoms with Crippen LogP contribution in [0.1, 0.15) is 5.56 Å². The molecule has 0 aliphatic carbocycles. The van der Waals surface area contributed by atoms with Crippen molar-refractivity contribution in [1.29, 1.82) is 0 Å². The van der Waals surface area contributed by atoms with Gasteiger partial charge in [0.2, 0.25) is 0 Å². The fraction of sp³-hybridized carbons (Fsp3) is 0.500. The second-order valence-corrected chi connectivity index (χ2v) is 4.99. The lowest BCUT2D eigenvalue weighted by atomic mass is 10.1. The molecule has 111 valence electrons. The van der Waals surface area contributed by atoms with Crippen molar-refractivity contribution in [2.24, 2.45) is 0 Å². The summed E-state index contributed by atoms with van der Waals surface area (Å²) in [4.78, 5) is 3.99. The van der Waals surface area contributed by atoms with Crippen LogP contribution in [0.25, 0.3) is 0 Å². The molecule has 6 heteroatoms. The average molecular weight is 287 g/mol. The van der Waals surface area contributed by atoms with Gasteiger partial charge in [0, 0.05) is 38.4 Å². The van der Waals surface area contributed by atoms with Crippen LogP contribution in [0.3, 0.4) is 0 Å². The van der Waals surface area contributed by atoms with Gasteiger partial charge in [0.25, 0.3) is 0 Å². The van der Waals surface area contributed by atoms with Crippen LogP contribution in [-0.4, -0.2) is 48.8 Å². The van der Waals surface area contributed by atoms with Crippen LogP contribution in [0, 0.1) is 6.92 Å². The summed E-state index contributed by atoms with van der Waals surface area (Å²) in [5.74, 6) is 0. The molecule has 0 amide bonds. The van der Waals surface area contributed by atoms with Crippen molar-refractivity contribution >= 4 is 5.69 Å².